The van der Waals surface area contributed by atoms with E-state index in [1.54, 1.807) is 6.07 Å². The lowest BCUT2D eigenvalue weighted by Gasteiger charge is -2.09. The van der Waals surface area contributed by atoms with Gasteiger partial charge in [0.15, 0.2) is 0 Å². The van der Waals surface area contributed by atoms with Gasteiger partial charge in [-0.1, -0.05) is 17.7 Å². The van der Waals surface area contributed by atoms with Crippen molar-refractivity contribution in [3.05, 3.63) is 86.6 Å². The van der Waals surface area contributed by atoms with E-state index < -0.39 is 22.8 Å². The molecule has 0 radical (unpaired) electrons. The Labute approximate surface area is 201 Å². The highest BCUT2D eigenvalue weighted by atomic mass is 35.5. The molecule has 0 bridgehead atoms. The molecule has 3 heterocycles. The van der Waals surface area contributed by atoms with E-state index in [0.29, 0.717) is 5.56 Å². The molecule has 3 amide bonds. The fourth-order valence-corrected chi connectivity index (χ4v) is 3.28. The van der Waals surface area contributed by atoms with Gasteiger partial charge < -0.3 is 19.2 Å². The standard InChI is InChI=1S/C22H15ClN4O8/c1-33-21(29)18-6-4-14(34-18)11-26-20(28)16(25-22(26)30)9-12-2-5-17(15(23)8-12)35-19-7-3-13(10-24-19)27(31)32/h2-10H,11H2,1H3,(H,25,30). The summed E-state index contributed by atoms with van der Waals surface area (Å²) in [4.78, 5) is 51.4. The number of amides is 3. The summed E-state index contributed by atoms with van der Waals surface area (Å²) in [5, 5.41) is 13.4. The van der Waals surface area contributed by atoms with Crippen LogP contribution in [-0.2, 0) is 16.1 Å². The van der Waals surface area contributed by atoms with E-state index in [2.05, 4.69) is 15.0 Å². The Morgan fingerprint density at radius 2 is 2.06 bits per heavy atom. The molecule has 0 unspecified atom stereocenters. The van der Waals surface area contributed by atoms with Crippen LogP contribution in [0.4, 0.5) is 10.5 Å². The highest BCUT2D eigenvalue weighted by Crippen LogP contribution is 2.31. The first-order valence-corrected chi connectivity index (χ1v) is 10.2. The molecule has 0 atom stereocenters. The minimum Gasteiger partial charge on any atom is -0.463 e. The molecule has 178 valence electrons. The SMILES string of the molecule is COC(=O)c1ccc(CN2C(=O)NC(=Cc3ccc(Oc4ccc([N+](=O)[O-])cn4)c(Cl)c3)C2=O)o1. The maximum absolute atomic E-state index is 12.7. The molecular weight excluding hydrogens is 484 g/mol. The van der Waals surface area contributed by atoms with Gasteiger partial charge in [0, 0.05) is 12.1 Å². The van der Waals surface area contributed by atoms with Gasteiger partial charge >= 0.3 is 12.0 Å². The molecule has 35 heavy (non-hydrogen) atoms. The fraction of sp³-hybridized carbons (Fsp3) is 0.0909. The predicted molar refractivity (Wildman–Crippen MR) is 120 cm³/mol. The summed E-state index contributed by atoms with van der Waals surface area (Å²) < 4.78 is 15.4. The molecule has 1 aliphatic heterocycles. The van der Waals surface area contributed by atoms with Gasteiger partial charge in [-0.05, 0) is 35.9 Å². The zero-order valence-electron chi connectivity index (χ0n) is 17.9. The predicted octanol–water partition coefficient (Wildman–Crippen LogP) is 3.91. The molecule has 1 saturated heterocycles. The molecule has 12 nitrogen and oxygen atoms in total. The Morgan fingerprint density at radius 1 is 1.26 bits per heavy atom. The largest absolute Gasteiger partial charge is 0.463 e. The van der Waals surface area contributed by atoms with E-state index in [9.17, 15) is 24.5 Å². The minimum absolute atomic E-state index is 0.0107. The Hall–Kier alpha value is -4.71. The molecule has 2 aromatic heterocycles. The van der Waals surface area contributed by atoms with E-state index in [1.807, 2.05) is 0 Å². The summed E-state index contributed by atoms with van der Waals surface area (Å²) in [5.74, 6) is -0.769. The van der Waals surface area contributed by atoms with E-state index >= 15 is 0 Å². The molecule has 1 fully saturated rings. The zero-order valence-corrected chi connectivity index (χ0v) is 18.6. The van der Waals surface area contributed by atoms with Gasteiger partial charge in [-0.15, -0.1) is 0 Å². The molecule has 3 aromatic rings. The number of halogens is 1. The van der Waals surface area contributed by atoms with Gasteiger partial charge in [-0.3, -0.25) is 19.8 Å². The van der Waals surface area contributed by atoms with E-state index in [0.717, 1.165) is 11.1 Å². The van der Waals surface area contributed by atoms with Crippen LogP contribution in [0.3, 0.4) is 0 Å². The van der Waals surface area contributed by atoms with Gasteiger partial charge in [0.2, 0.25) is 11.6 Å². The molecule has 13 heteroatoms. The minimum atomic E-state index is -0.678. The van der Waals surface area contributed by atoms with Crippen molar-refractivity contribution in [2.45, 2.75) is 6.54 Å². The summed E-state index contributed by atoms with van der Waals surface area (Å²) in [5.41, 5.74) is 0.325. The van der Waals surface area contributed by atoms with Gasteiger partial charge in [0.05, 0.1) is 23.6 Å². The van der Waals surface area contributed by atoms with Crippen molar-refractivity contribution in [2.24, 2.45) is 0 Å². The van der Waals surface area contributed by atoms with Gasteiger partial charge in [0.25, 0.3) is 11.6 Å². The number of carbonyl (C=O) groups is 3. The number of ether oxygens (including phenoxy) is 2. The quantitative estimate of drug-likeness (QED) is 0.168. The van der Waals surface area contributed by atoms with Gasteiger partial charge in [0.1, 0.15) is 23.4 Å². The fourth-order valence-electron chi connectivity index (χ4n) is 3.05. The van der Waals surface area contributed by atoms with Crippen LogP contribution in [0, 0.1) is 10.1 Å². The average Bonchev–Trinajstić information content (AvgIpc) is 3.41. The second kappa shape index (κ2) is 9.65. The average molecular weight is 499 g/mol. The summed E-state index contributed by atoms with van der Waals surface area (Å²) >= 11 is 6.26. The third kappa shape index (κ3) is 5.12. The number of urea groups is 1. The van der Waals surface area contributed by atoms with Crippen LogP contribution in [0.15, 0.2) is 58.8 Å². The summed E-state index contributed by atoms with van der Waals surface area (Å²) in [6, 6.07) is 9.39. The second-order valence-corrected chi connectivity index (χ2v) is 7.45. The number of benzene rings is 1. The molecule has 0 aliphatic carbocycles. The highest BCUT2D eigenvalue weighted by molar-refractivity contribution is 6.32. The number of hydrogen-bond donors (Lipinski definition) is 1. The van der Waals surface area contributed by atoms with Crippen molar-refractivity contribution in [1.29, 1.82) is 0 Å². The zero-order chi connectivity index (χ0) is 25.1. The first-order chi connectivity index (χ1) is 16.7. The number of pyridine rings is 1. The lowest BCUT2D eigenvalue weighted by Crippen LogP contribution is -2.30. The summed E-state index contributed by atoms with van der Waals surface area (Å²) in [6.45, 7) is -0.186. The number of nitrogens with zero attached hydrogens (tertiary/aromatic N) is 3. The van der Waals surface area contributed by atoms with Crippen molar-refractivity contribution in [1.82, 2.24) is 15.2 Å². The van der Waals surface area contributed by atoms with E-state index in [1.165, 1.54) is 49.6 Å². The number of imide groups is 1. The second-order valence-electron chi connectivity index (χ2n) is 7.04. The first kappa shape index (κ1) is 23.4. The number of nitrogens with one attached hydrogen (secondary N) is 1. The van der Waals surface area contributed by atoms with Crippen LogP contribution in [0.1, 0.15) is 21.9 Å². The molecule has 1 N–H and O–H groups in total. The topological polar surface area (TPSA) is 154 Å². The Balaban J connectivity index is 1.46. The maximum atomic E-state index is 12.7. The number of furan rings is 1. The molecule has 0 spiro atoms. The third-order valence-electron chi connectivity index (χ3n) is 4.74. The molecular formula is C22H15ClN4O8. The number of esters is 1. The number of hydrogen-bond acceptors (Lipinski definition) is 9. The van der Waals surface area contributed by atoms with Gasteiger partial charge in [-0.2, -0.15) is 0 Å². The van der Waals surface area contributed by atoms with Crippen LogP contribution < -0.4 is 10.1 Å². The van der Waals surface area contributed by atoms with Crippen LogP contribution >= 0.6 is 11.6 Å². The number of carbonyl (C=O) groups excluding carboxylic acids is 3. The number of rotatable bonds is 7. The molecule has 1 aromatic carbocycles. The van der Waals surface area contributed by atoms with Crippen molar-refractivity contribution in [3.63, 3.8) is 0 Å². The first-order valence-electron chi connectivity index (χ1n) is 9.84. The monoisotopic (exact) mass is 498 g/mol. The third-order valence-corrected chi connectivity index (χ3v) is 5.03. The van der Waals surface area contributed by atoms with Crippen molar-refractivity contribution in [2.75, 3.05) is 7.11 Å². The lowest BCUT2D eigenvalue weighted by atomic mass is 10.2. The van der Waals surface area contributed by atoms with Crippen LogP contribution in [-0.4, -0.2) is 39.8 Å². The normalized spacial score (nSPS) is 14.2. The van der Waals surface area contributed by atoms with Crippen LogP contribution in [0.5, 0.6) is 11.6 Å². The summed E-state index contributed by atoms with van der Waals surface area (Å²) in [6.07, 6.45) is 2.49. The number of aromatic nitrogens is 1. The summed E-state index contributed by atoms with van der Waals surface area (Å²) in [7, 11) is 1.20. The van der Waals surface area contributed by atoms with Crippen LogP contribution in [0.25, 0.3) is 6.08 Å². The highest BCUT2D eigenvalue weighted by Gasteiger charge is 2.34. The lowest BCUT2D eigenvalue weighted by molar-refractivity contribution is -0.385. The Morgan fingerprint density at radius 3 is 2.71 bits per heavy atom. The van der Waals surface area contributed by atoms with Crippen molar-refractivity contribution < 1.29 is 33.2 Å². The van der Waals surface area contributed by atoms with Crippen molar-refractivity contribution in [3.8, 4) is 11.6 Å². The molecule has 0 saturated carbocycles. The Bertz CT molecular complexity index is 1370. The van der Waals surface area contributed by atoms with Gasteiger partial charge in [-0.25, -0.2) is 14.6 Å². The molecule has 1 aliphatic rings. The Kier molecular flexibility index (Phi) is 6.46. The van der Waals surface area contributed by atoms with Crippen molar-refractivity contribution >= 4 is 41.3 Å². The maximum Gasteiger partial charge on any atom is 0.373 e. The smallest absolute Gasteiger partial charge is 0.373 e. The number of methoxy groups -OCH3 is 1. The molecule has 4 rings (SSSR count). The van der Waals surface area contributed by atoms with Crippen LogP contribution in [0.2, 0.25) is 5.02 Å². The van der Waals surface area contributed by atoms with E-state index in [4.69, 9.17) is 20.8 Å². The van der Waals surface area contributed by atoms with E-state index in [-0.39, 0.29) is 46.1 Å². The number of nitro groups is 1.